The molecule has 0 spiro atoms. The van der Waals surface area contributed by atoms with Gasteiger partial charge in [-0.15, -0.1) is 0 Å². The van der Waals surface area contributed by atoms with E-state index in [9.17, 15) is 27.9 Å². The molecule has 1 unspecified atom stereocenters. The molecule has 2 heterocycles. The van der Waals surface area contributed by atoms with Gasteiger partial charge in [0.1, 0.15) is 11.9 Å². The second kappa shape index (κ2) is 10.2. The lowest BCUT2D eigenvalue weighted by Gasteiger charge is -2.33. The zero-order chi connectivity index (χ0) is 25.2. The first-order chi connectivity index (χ1) is 16.6. The molecular weight excluding hydrogens is 463 g/mol. The summed E-state index contributed by atoms with van der Waals surface area (Å²) >= 11 is 0. The van der Waals surface area contributed by atoms with Crippen LogP contribution in [0.15, 0.2) is 42.5 Å². The van der Waals surface area contributed by atoms with Crippen molar-refractivity contribution in [1.82, 2.24) is 10.2 Å². The Morgan fingerprint density at radius 2 is 2.00 bits per heavy atom. The van der Waals surface area contributed by atoms with Crippen LogP contribution < -0.4 is 10.2 Å². The van der Waals surface area contributed by atoms with E-state index >= 15 is 0 Å². The van der Waals surface area contributed by atoms with Crippen LogP contribution in [0.3, 0.4) is 0 Å². The monoisotopic (exact) mass is 491 g/mol. The first-order valence-electron chi connectivity index (χ1n) is 11.5. The normalized spacial score (nSPS) is 21.0. The van der Waals surface area contributed by atoms with Crippen LogP contribution in [-0.4, -0.2) is 66.8 Å². The number of hydrogen-bond donors (Lipinski definition) is 2. The van der Waals surface area contributed by atoms with Crippen LogP contribution in [0.4, 0.5) is 23.7 Å². The Balaban J connectivity index is 1.40. The van der Waals surface area contributed by atoms with Gasteiger partial charge in [0.15, 0.2) is 0 Å². The largest absolute Gasteiger partial charge is 0.442 e. The summed E-state index contributed by atoms with van der Waals surface area (Å²) in [6.07, 6.45) is -1.81. The molecule has 2 aromatic carbocycles. The maximum absolute atomic E-state index is 14.9. The number of ether oxygens (including phenoxy) is 1. The zero-order valence-electron chi connectivity index (χ0n) is 19.3. The summed E-state index contributed by atoms with van der Waals surface area (Å²) < 4.78 is 47.4. The summed E-state index contributed by atoms with van der Waals surface area (Å²) in [5.74, 6) is -3.50. The fourth-order valence-electron chi connectivity index (χ4n) is 4.44. The summed E-state index contributed by atoms with van der Waals surface area (Å²) in [5, 5.41) is 13.1. The average molecular weight is 492 g/mol. The number of cyclic esters (lactones) is 1. The zero-order valence-corrected chi connectivity index (χ0v) is 19.3. The van der Waals surface area contributed by atoms with E-state index in [1.807, 2.05) is 0 Å². The van der Waals surface area contributed by atoms with E-state index in [1.54, 1.807) is 41.3 Å². The minimum absolute atomic E-state index is 0.104. The Morgan fingerprint density at radius 3 is 2.66 bits per heavy atom. The van der Waals surface area contributed by atoms with Gasteiger partial charge in [-0.25, -0.2) is 18.0 Å². The Morgan fingerprint density at radius 1 is 1.26 bits per heavy atom. The number of aliphatic hydroxyl groups is 1. The molecule has 2 fully saturated rings. The highest BCUT2D eigenvalue weighted by Gasteiger charge is 2.36. The smallest absolute Gasteiger partial charge is 0.414 e. The van der Waals surface area contributed by atoms with Gasteiger partial charge in [0.2, 0.25) is 5.91 Å². The highest BCUT2D eigenvalue weighted by atomic mass is 19.3. The van der Waals surface area contributed by atoms with Gasteiger partial charge in [0, 0.05) is 25.5 Å². The molecule has 2 aromatic rings. The Hall–Kier alpha value is -3.11. The van der Waals surface area contributed by atoms with E-state index in [0.717, 1.165) is 0 Å². The number of hydrogen-bond acceptors (Lipinski definition) is 5. The molecule has 2 atom stereocenters. The number of anilines is 1. The Labute approximate surface area is 201 Å². The number of piperidine rings is 1. The number of β-amino-alcohol motifs (C(OH)–C–C–N with tert-alkyl or cyclic N) is 1. The van der Waals surface area contributed by atoms with E-state index < -0.39 is 30.0 Å². The van der Waals surface area contributed by atoms with Gasteiger partial charge < -0.3 is 15.2 Å². The predicted molar refractivity (Wildman–Crippen MR) is 124 cm³/mol. The fraction of sp³-hybridized carbons (Fsp3) is 0.440. The molecule has 0 bridgehead atoms. The van der Waals surface area contributed by atoms with Gasteiger partial charge >= 0.3 is 6.09 Å². The standard InChI is InChI=1S/C25H28F3N3O4/c1-16(32)29-12-20-13-31(24(34)35-20)19-7-8-21(22(26)11-19)17-3-5-18(6-4-17)23(33)14-30-10-2-9-25(27,28)15-30/h3-8,11,20,23,33H,2,9-10,12-15H2,1H3,(H,29,32)/t20-,23?/m0/s1. The van der Waals surface area contributed by atoms with E-state index in [2.05, 4.69) is 5.32 Å². The minimum Gasteiger partial charge on any atom is -0.442 e. The number of nitrogens with one attached hydrogen (secondary N) is 1. The van der Waals surface area contributed by atoms with Crippen LogP contribution in [0, 0.1) is 5.82 Å². The van der Waals surface area contributed by atoms with Crippen molar-refractivity contribution in [2.45, 2.75) is 37.9 Å². The number of rotatable bonds is 7. The van der Waals surface area contributed by atoms with E-state index in [0.29, 0.717) is 35.3 Å². The molecule has 0 aliphatic carbocycles. The van der Waals surface area contributed by atoms with Crippen LogP contribution in [0.5, 0.6) is 0 Å². The quantitative estimate of drug-likeness (QED) is 0.617. The van der Waals surface area contributed by atoms with Gasteiger partial charge in [-0.3, -0.25) is 14.6 Å². The highest BCUT2D eigenvalue weighted by molar-refractivity contribution is 5.90. The third-order valence-corrected chi connectivity index (χ3v) is 6.23. The molecule has 35 heavy (non-hydrogen) atoms. The molecule has 188 valence electrons. The molecule has 4 rings (SSSR count). The second-order valence-corrected chi connectivity index (χ2v) is 9.05. The maximum Gasteiger partial charge on any atom is 0.414 e. The molecule has 2 saturated heterocycles. The Kier molecular flexibility index (Phi) is 7.32. The van der Waals surface area contributed by atoms with Gasteiger partial charge in [-0.1, -0.05) is 24.3 Å². The minimum atomic E-state index is -2.73. The fourth-order valence-corrected chi connectivity index (χ4v) is 4.44. The second-order valence-electron chi connectivity index (χ2n) is 9.05. The van der Waals surface area contributed by atoms with Crippen LogP contribution in [0.25, 0.3) is 11.1 Å². The van der Waals surface area contributed by atoms with Crippen molar-refractivity contribution in [3.05, 3.63) is 53.8 Å². The summed E-state index contributed by atoms with van der Waals surface area (Å²) in [6, 6.07) is 11.0. The number of nitrogens with zero attached hydrogens (tertiary/aromatic N) is 2. The number of benzene rings is 2. The molecule has 2 N–H and O–H groups in total. The predicted octanol–water partition coefficient (Wildman–Crippen LogP) is 3.72. The number of carbonyl (C=O) groups excluding carboxylic acids is 2. The summed E-state index contributed by atoms with van der Waals surface area (Å²) in [5.41, 5.74) is 1.78. The number of aliphatic hydroxyl groups excluding tert-OH is 1. The topological polar surface area (TPSA) is 82.1 Å². The summed E-state index contributed by atoms with van der Waals surface area (Å²) in [6.45, 7) is 1.99. The van der Waals surface area contributed by atoms with E-state index in [-0.39, 0.29) is 38.5 Å². The third kappa shape index (κ3) is 6.12. The molecular formula is C25H28F3N3O4. The SMILES string of the molecule is CC(=O)NC[C@H]1CN(c2ccc(-c3ccc(C(O)CN4CCCC(F)(F)C4)cc3)c(F)c2)C(=O)O1. The Bertz CT molecular complexity index is 1080. The van der Waals surface area contributed by atoms with Gasteiger partial charge in [-0.2, -0.15) is 0 Å². The third-order valence-electron chi connectivity index (χ3n) is 6.23. The average Bonchev–Trinajstić information content (AvgIpc) is 3.17. The number of alkyl halides is 2. The van der Waals surface area contributed by atoms with Crippen molar-refractivity contribution in [2.24, 2.45) is 0 Å². The van der Waals surface area contributed by atoms with E-state index in [1.165, 1.54) is 17.9 Å². The van der Waals surface area contributed by atoms with Crippen molar-refractivity contribution in [1.29, 1.82) is 0 Å². The highest BCUT2D eigenvalue weighted by Crippen LogP contribution is 2.31. The van der Waals surface area contributed by atoms with Gasteiger partial charge in [0.25, 0.3) is 5.92 Å². The van der Waals surface area contributed by atoms with Crippen LogP contribution in [0.1, 0.15) is 31.4 Å². The molecule has 2 aliphatic heterocycles. The van der Waals surface area contributed by atoms with Crippen molar-refractivity contribution in [3.8, 4) is 11.1 Å². The maximum atomic E-state index is 14.9. The molecule has 0 saturated carbocycles. The van der Waals surface area contributed by atoms with Crippen molar-refractivity contribution < 1.29 is 32.6 Å². The van der Waals surface area contributed by atoms with Crippen LogP contribution in [-0.2, 0) is 9.53 Å². The summed E-state index contributed by atoms with van der Waals surface area (Å²) in [4.78, 5) is 26.1. The number of amides is 2. The molecule has 2 amide bonds. The lowest BCUT2D eigenvalue weighted by atomic mass is 10.00. The number of halogens is 3. The molecule has 10 heteroatoms. The molecule has 0 radical (unpaired) electrons. The van der Waals surface area contributed by atoms with Crippen molar-refractivity contribution >= 4 is 17.7 Å². The lowest BCUT2D eigenvalue weighted by Crippen LogP contribution is -2.44. The van der Waals surface area contributed by atoms with E-state index in [4.69, 9.17) is 4.74 Å². The molecule has 2 aliphatic rings. The number of carbonyl (C=O) groups is 2. The summed E-state index contributed by atoms with van der Waals surface area (Å²) in [7, 11) is 0. The van der Waals surface area contributed by atoms with Crippen LogP contribution in [0.2, 0.25) is 0 Å². The van der Waals surface area contributed by atoms with Crippen molar-refractivity contribution in [3.63, 3.8) is 0 Å². The first-order valence-corrected chi connectivity index (χ1v) is 11.5. The number of likely N-dealkylation sites (tertiary alicyclic amines) is 1. The van der Waals surface area contributed by atoms with Crippen molar-refractivity contribution in [2.75, 3.05) is 37.6 Å². The first kappa shape index (κ1) is 25.0. The molecule has 7 nitrogen and oxygen atoms in total. The van der Waals surface area contributed by atoms with Gasteiger partial charge in [0.05, 0.1) is 31.4 Å². The lowest BCUT2D eigenvalue weighted by molar-refractivity contribution is -0.119. The van der Waals surface area contributed by atoms with Crippen LogP contribution >= 0.6 is 0 Å². The van der Waals surface area contributed by atoms with Gasteiger partial charge in [-0.05, 0) is 42.3 Å². The molecule has 0 aromatic heterocycles.